The molecule has 1 N–H and O–H groups in total. The molecule has 0 aliphatic rings. The van der Waals surface area contributed by atoms with Gasteiger partial charge in [-0.25, -0.2) is 4.98 Å². The number of methoxy groups -OCH3 is 3. The van der Waals surface area contributed by atoms with E-state index in [4.69, 9.17) is 30.8 Å². The van der Waals surface area contributed by atoms with Gasteiger partial charge < -0.3 is 18.8 Å². The summed E-state index contributed by atoms with van der Waals surface area (Å²) in [7, 11) is 6.68. The van der Waals surface area contributed by atoms with Crippen LogP contribution in [0.1, 0.15) is 0 Å². The van der Waals surface area contributed by atoms with Crippen LogP contribution in [0.3, 0.4) is 0 Å². The van der Waals surface area contributed by atoms with E-state index in [1.807, 2.05) is 60.3 Å². The zero-order valence-corrected chi connectivity index (χ0v) is 17.8. The number of aromatic nitrogens is 4. The highest BCUT2D eigenvalue weighted by Crippen LogP contribution is 2.41. The molecule has 2 heterocycles. The van der Waals surface area contributed by atoms with E-state index in [1.54, 1.807) is 21.3 Å². The van der Waals surface area contributed by atoms with E-state index in [0.29, 0.717) is 22.3 Å². The lowest BCUT2D eigenvalue weighted by molar-refractivity contribution is 0.324. The van der Waals surface area contributed by atoms with Gasteiger partial charge in [0.25, 0.3) is 0 Å². The molecule has 0 fully saturated rings. The zero-order valence-electron chi connectivity index (χ0n) is 17.1. The highest BCUT2D eigenvalue weighted by Gasteiger charge is 2.17. The molecule has 0 unspecified atom stereocenters. The third-order valence-electron chi connectivity index (χ3n) is 4.81. The zero-order chi connectivity index (χ0) is 21.3. The van der Waals surface area contributed by atoms with Crippen LogP contribution in [-0.4, -0.2) is 41.1 Å². The van der Waals surface area contributed by atoms with Crippen LogP contribution in [0, 0.1) is 0 Å². The second-order valence-corrected chi connectivity index (χ2v) is 7.03. The number of aromatic amines is 1. The second kappa shape index (κ2) is 8.12. The Morgan fingerprint density at radius 3 is 2.27 bits per heavy atom. The van der Waals surface area contributed by atoms with Crippen molar-refractivity contribution in [1.82, 2.24) is 19.7 Å². The van der Waals surface area contributed by atoms with Crippen molar-refractivity contribution < 1.29 is 14.2 Å². The Labute approximate surface area is 179 Å². The van der Waals surface area contributed by atoms with Crippen LogP contribution in [0.15, 0.2) is 48.7 Å². The molecule has 0 aliphatic carbocycles. The number of rotatable bonds is 6. The van der Waals surface area contributed by atoms with Crippen LogP contribution in [0.2, 0.25) is 5.02 Å². The summed E-state index contributed by atoms with van der Waals surface area (Å²) in [5.41, 5.74) is 3.98. The van der Waals surface area contributed by atoms with Crippen molar-refractivity contribution in [2.24, 2.45) is 7.05 Å². The first-order valence-electron chi connectivity index (χ1n) is 9.20. The molecule has 8 heteroatoms. The Bertz CT molecular complexity index is 1170. The molecule has 0 saturated carbocycles. The number of halogens is 1. The molecule has 0 saturated heterocycles. The standard InChI is InChI=1S/C22H21ClN4O3/c1-27-12-18(24-22(27)14-7-5-6-8-15(14)23)17-11-16(25-26-17)13-9-19(28-2)21(30-4)20(10-13)29-3/h5-12H,1-4H3,(H,25,26). The fourth-order valence-corrected chi connectivity index (χ4v) is 3.54. The number of H-pyrrole nitrogens is 1. The maximum Gasteiger partial charge on any atom is 0.203 e. The molecule has 0 atom stereocenters. The minimum Gasteiger partial charge on any atom is -0.493 e. The average Bonchev–Trinajstić information content (AvgIpc) is 3.40. The predicted octanol–water partition coefficient (Wildman–Crippen LogP) is 4.82. The minimum absolute atomic E-state index is 0.536. The lowest BCUT2D eigenvalue weighted by Gasteiger charge is -2.13. The van der Waals surface area contributed by atoms with E-state index in [1.165, 1.54) is 0 Å². The smallest absolute Gasteiger partial charge is 0.203 e. The Morgan fingerprint density at radius 2 is 1.63 bits per heavy atom. The van der Waals surface area contributed by atoms with Gasteiger partial charge in [-0.05, 0) is 30.3 Å². The number of nitrogens with one attached hydrogen (secondary N) is 1. The second-order valence-electron chi connectivity index (χ2n) is 6.62. The third-order valence-corrected chi connectivity index (χ3v) is 5.14. The summed E-state index contributed by atoms with van der Waals surface area (Å²) >= 11 is 6.34. The molecule has 0 bridgehead atoms. The molecule has 154 valence electrons. The van der Waals surface area contributed by atoms with Gasteiger partial charge in [0.2, 0.25) is 5.75 Å². The Kier molecular flexibility index (Phi) is 5.37. The van der Waals surface area contributed by atoms with Gasteiger partial charge in [0.15, 0.2) is 11.5 Å². The van der Waals surface area contributed by atoms with E-state index in [2.05, 4.69) is 10.2 Å². The summed E-state index contributed by atoms with van der Waals surface area (Å²) in [6.07, 6.45) is 1.94. The SMILES string of the molecule is COc1cc(-c2cc(-c3cn(C)c(-c4ccccc4Cl)n3)[nH]n2)cc(OC)c1OC. The molecule has 2 aromatic carbocycles. The van der Waals surface area contributed by atoms with E-state index in [-0.39, 0.29) is 0 Å². The van der Waals surface area contributed by atoms with Crippen molar-refractivity contribution in [3.05, 3.63) is 53.7 Å². The Balaban J connectivity index is 1.72. The van der Waals surface area contributed by atoms with Crippen molar-refractivity contribution in [1.29, 1.82) is 0 Å². The van der Waals surface area contributed by atoms with Gasteiger partial charge in [0.1, 0.15) is 11.5 Å². The van der Waals surface area contributed by atoms with Gasteiger partial charge in [-0.3, -0.25) is 5.10 Å². The topological polar surface area (TPSA) is 74.2 Å². The third kappa shape index (κ3) is 3.48. The van der Waals surface area contributed by atoms with Crippen LogP contribution in [0.4, 0.5) is 0 Å². The normalized spacial score (nSPS) is 10.8. The molecule has 0 radical (unpaired) electrons. The van der Waals surface area contributed by atoms with Crippen LogP contribution in [0.25, 0.3) is 34.0 Å². The molecule has 4 aromatic rings. The summed E-state index contributed by atoms with van der Waals surface area (Å²) in [6.45, 7) is 0. The summed E-state index contributed by atoms with van der Waals surface area (Å²) < 4.78 is 18.2. The fraction of sp³-hybridized carbons (Fsp3) is 0.182. The lowest BCUT2D eigenvalue weighted by Crippen LogP contribution is -1.95. The first-order chi connectivity index (χ1) is 14.5. The van der Waals surface area contributed by atoms with Crippen molar-refractivity contribution in [2.45, 2.75) is 0 Å². The van der Waals surface area contributed by atoms with Crippen molar-refractivity contribution in [3.8, 4) is 51.3 Å². The minimum atomic E-state index is 0.536. The maximum absolute atomic E-state index is 6.34. The molecule has 2 aromatic heterocycles. The maximum atomic E-state index is 6.34. The number of hydrogen-bond donors (Lipinski definition) is 1. The number of imidazole rings is 1. The first kappa shape index (κ1) is 19.8. The van der Waals surface area contributed by atoms with Crippen LogP contribution in [0.5, 0.6) is 17.2 Å². The number of aryl methyl sites for hydroxylation is 1. The van der Waals surface area contributed by atoms with Gasteiger partial charge in [-0.1, -0.05) is 23.7 Å². The van der Waals surface area contributed by atoms with Crippen LogP contribution < -0.4 is 14.2 Å². The molecular formula is C22H21ClN4O3. The molecule has 0 spiro atoms. The average molecular weight is 425 g/mol. The Hall–Kier alpha value is -3.45. The predicted molar refractivity (Wildman–Crippen MR) is 116 cm³/mol. The van der Waals surface area contributed by atoms with Crippen molar-refractivity contribution in [3.63, 3.8) is 0 Å². The molecule has 30 heavy (non-hydrogen) atoms. The highest BCUT2D eigenvalue weighted by atomic mass is 35.5. The molecule has 4 rings (SSSR count). The first-order valence-corrected chi connectivity index (χ1v) is 9.58. The van der Waals surface area contributed by atoms with E-state index >= 15 is 0 Å². The number of benzene rings is 2. The van der Waals surface area contributed by atoms with Gasteiger partial charge in [-0.2, -0.15) is 5.10 Å². The molecule has 7 nitrogen and oxygen atoms in total. The van der Waals surface area contributed by atoms with E-state index in [0.717, 1.165) is 34.0 Å². The molecule has 0 amide bonds. The van der Waals surface area contributed by atoms with Crippen molar-refractivity contribution in [2.75, 3.05) is 21.3 Å². The van der Waals surface area contributed by atoms with Crippen LogP contribution >= 0.6 is 11.6 Å². The number of hydrogen-bond acceptors (Lipinski definition) is 5. The fourth-order valence-electron chi connectivity index (χ4n) is 3.32. The molecule has 0 aliphatic heterocycles. The van der Waals surface area contributed by atoms with Gasteiger partial charge in [0, 0.05) is 24.4 Å². The van der Waals surface area contributed by atoms with Gasteiger partial charge >= 0.3 is 0 Å². The highest BCUT2D eigenvalue weighted by molar-refractivity contribution is 6.33. The van der Waals surface area contributed by atoms with E-state index < -0.39 is 0 Å². The van der Waals surface area contributed by atoms with Gasteiger partial charge in [-0.15, -0.1) is 0 Å². The van der Waals surface area contributed by atoms with Gasteiger partial charge in [0.05, 0.1) is 37.7 Å². The summed E-state index contributed by atoms with van der Waals surface area (Å²) in [4.78, 5) is 4.75. The number of ether oxygens (including phenoxy) is 3. The summed E-state index contributed by atoms with van der Waals surface area (Å²) in [6, 6.07) is 13.3. The molecular weight excluding hydrogens is 404 g/mol. The monoisotopic (exact) mass is 424 g/mol. The van der Waals surface area contributed by atoms with E-state index in [9.17, 15) is 0 Å². The Morgan fingerprint density at radius 1 is 0.933 bits per heavy atom. The van der Waals surface area contributed by atoms with Crippen LogP contribution in [-0.2, 0) is 7.05 Å². The quantitative estimate of drug-likeness (QED) is 0.480. The lowest BCUT2D eigenvalue weighted by atomic mass is 10.1. The van der Waals surface area contributed by atoms with Crippen molar-refractivity contribution >= 4 is 11.6 Å². The number of nitrogens with zero attached hydrogens (tertiary/aromatic N) is 3. The largest absolute Gasteiger partial charge is 0.493 e. The summed E-state index contributed by atoms with van der Waals surface area (Å²) in [5.74, 6) is 2.44. The summed E-state index contributed by atoms with van der Waals surface area (Å²) in [5, 5.41) is 8.16.